The second kappa shape index (κ2) is 14.3. The second-order valence-corrected chi connectivity index (χ2v) is 15.7. The normalized spacial score (nSPS) is 11.6. The molecular weight excluding hydrogens is 741 g/mol. The van der Waals surface area contributed by atoms with Crippen LogP contribution in [0, 0.1) is 0 Å². The van der Waals surface area contributed by atoms with Gasteiger partial charge < -0.3 is 13.9 Å². The molecule has 0 radical (unpaired) electrons. The highest BCUT2D eigenvalue weighted by Gasteiger charge is 2.20. The second-order valence-electron chi connectivity index (χ2n) is 15.7. The molecule has 286 valence electrons. The number of anilines is 3. The first-order valence-corrected chi connectivity index (χ1v) is 20.8. The fraction of sp³-hybridized carbons (Fsp3) is 0. The van der Waals surface area contributed by atoms with E-state index in [0.717, 1.165) is 55.8 Å². The Morgan fingerprint density at radius 2 is 0.918 bits per heavy atom. The van der Waals surface area contributed by atoms with E-state index in [0.29, 0.717) is 0 Å². The maximum Gasteiger partial charge on any atom is 0.136 e. The van der Waals surface area contributed by atoms with Gasteiger partial charge in [0.25, 0.3) is 0 Å². The Kier molecular flexibility index (Phi) is 8.17. The van der Waals surface area contributed by atoms with Gasteiger partial charge in [-0.2, -0.15) is 0 Å². The number of para-hydroxylation sites is 3. The van der Waals surface area contributed by atoms with Crippen LogP contribution in [0.3, 0.4) is 0 Å². The van der Waals surface area contributed by atoms with Gasteiger partial charge in [-0.1, -0.05) is 152 Å². The Hall–Kier alpha value is -8.14. The Morgan fingerprint density at radius 1 is 0.328 bits per heavy atom. The van der Waals surface area contributed by atoms with Crippen LogP contribution in [-0.4, -0.2) is 4.57 Å². The number of fused-ring (bicyclic) bond motifs is 7. The number of hydrogen-bond donors (Lipinski definition) is 0. The molecule has 0 spiro atoms. The third-order valence-corrected chi connectivity index (χ3v) is 12.1. The molecule has 12 aromatic rings. The molecule has 61 heavy (non-hydrogen) atoms. The zero-order chi connectivity index (χ0) is 40.3. The van der Waals surface area contributed by atoms with Crippen molar-refractivity contribution in [3.63, 3.8) is 0 Å². The van der Waals surface area contributed by atoms with Gasteiger partial charge in [0.05, 0.1) is 16.7 Å². The minimum Gasteiger partial charge on any atom is -0.456 e. The third kappa shape index (κ3) is 5.98. The largest absolute Gasteiger partial charge is 0.456 e. The highest BCUT2D eigenvalue weighted by Crippen LogP contribution is 2.44. The van der Waals surface area contributed by atoms with Crippen molar-refractivity contribution >= 4 is 71.6 Å². The van der Waals surface area contributed by atoms with Crippen LogP contribution in [0.4, 0.5) is 17.1 Å². The van der Waals surface area contributed by atoms with Gasteiger partial charge in [0.15, 0.2) is 0 Å². The summed E-state index contributed by atoms with van der Waals surface area (Å²) in [5.41, 5.74) is 15.5. The number of rotatable bonds is 7. The summed E-state index contributed by atoms with van der Waals surface area (Å²) in [5.74, 6) is 0. The summed E-state index contributed by atoms with van der Waals surface area (Å²) in [7, 11) is 0. The van der Waals surface area contributed by atoms with Gasteiger partial charge in [0.1, 0.15) is 11.2 Å². The first-order valence-electron chi connectivity index (χ1n) is 20.8. The van der Waals surface area contributed by atoms with Crippen molar-refractivity contribution in [2.75, 3.05) is 4.90 Å². The SMILES string of the molecule is c1ccc(-c2cccc(-c3ccc(N(c4cccc(-n5c6ccccc6c6ccccc65)c4)c4ccccc4-c4ccc5oc6cc7ccccc7cc6c5c4)cc3)c2)cc1. The Bertz CT molecular complexity index is 3540. The maximum atomic E-state index is 6.44. The van der Waals surface area contributed by atoms with Crippen LogP contribution in [-0.2, 0) is 0 Å². The average Bonchev–Trinajstić information content (AvgIpc) is 3.86. The van der Waals surface area contributed by atoms with Crippen molar-refractivity contribution in [2.45, 2.75) is 0 Å². The highest BCUT2D eigenvalue weighted by atomic mass is 16.3. The van der Waals surface area contributed by atoms with Crippen molar-refractivity contribution < 1.29 is 4.42 Å². The van der Waals surface area contributed by atoms with Crippen molar-refractivity contribution in [3.05, 3.63) is 231 Å². The molecule has 3 nitrogen and oxygen atoms in total. The van der Waals surface area contributed by atoms with E-state index in [9.17, 15) is 0 Å². The molecule has 2 heterocycles. The topological polar surface area (TPSA) is 21.3 Å². The van der Waals surface area contributed by atoms with E-state index in [4.69, 9.17) is 4.42 Å². The lowest BCUT2D eigenvalue weighted by Crippen LogP contribution is -2.11. The van der Waals surface area contributed by atoms with E-state index in [1.54, 1.807) is 0 Å². The summed E-state index contributed by atoms with van der Waals surface area (Å²) in [6.45, 7) is 0. The average molecular weight is 779 g/mol. The zero-order valence-corrected chi connectivity index (χ0v) is 33.2. The van der Waals surface area contributed by atoms with Crippen LogP contribution in [0.5, 0.6) is 0 Å². The number of benzene rings is 10. The summed E-state index contributed by atoms with van der Waals surface area (Å²) in [5, 5.41) is 7.09. The van der Waals surface area contributed by atoms with Crippen LogP contribution in [0.25, 0.3) is 93.6 Å². The monoisotopic (exact) mass is 778 g/mol. The van der Waals surface area contributed by atoms with Gasteiger partial charge >= 0.3 is 0 Å². The molecule has 0 N–H and O–H groups in total. The Balaban J connectivity index is 1.03. The number of aromatic nitrogens is 1. The molecule has 0 aliphatic rings. The highest BCUT2D eigenvalue weighted by molar-refractivity contribution is 6.12. The molecule has 0 saturated carbocycles. The molecule has 2 aromatic heterocycles. The Labute approximate surface area is 353 Å². The fourth-order valence-corrected chi connectivity index (χ4v) is 9.25. The van der Waals surface area contributed by atoms with Gasteiger partial charge in [-0.25, -0.2) is 0 Å². The molecule has 3 heteroatoms. The van der Waals surface area contributed by atoms with E-state index < -0.39 is 0 Å². The zero-order valence-electron chi connectivity index (χ0n) is 33.2. The maximum absolute atomic E-state index is 6.44. The van der Waals surface area contributed by atoms with E-state index in [1.807, 2.05) is 0 Å². The molecule has 0 unspecified atom stereocenters. The molecule has 10 aromatic carbocycles. The summed E-state index contributed by atoms with van der Waals surface area (Å²) in [4.78, 5) is 2.40. The summed E-state index contributed by atoms with van der Waals surface area (Å²) in [6.07, 6.45) is 0. The van der Waals surface area contributed by atoms with Crippen LogP contribution >= 0.6 is 0 Å². The molecule has 0 fully saturated rings. The van der Waals surface area contributed by atoms with Crippen LogP contribution in [0.2, 0.25) is 0 Å². The lowest BCUT2D eigenvalue weighted by molar-refractivity contribution is 0.669. The van der Waals surface area contributed by atoms with Crippen molar-refractivity contribution in [3.8, 4) is 39.1 Å². The molecule has 0 aliphatic heterocycles. The van der Waals surface area contributed by atoms with E-state index in [-0.39, 0.29) is 0 Å². The summed E-state index contributed by atoms with van der Waals surface area (Å²) < 4.78 is 8.84. The number of hydrogen-bond acceptors (Lipinski definition) is 2. The van der Waals surface area contributed by atoms with Crippen molar-refractivity contribution in [2.24, 2.45) is 0 Å². The molecule has 0 bridgehead atoms. The van der Waals surface area contributed by atoms with E-state index in [2.05, 4.69) is 240 Å². The van der Waals surface area contributed by atoms with Gasteiger partial charge in [-0.3, -0.25) is 0 Å². The molecule has 12 rings (SSSR count). The minimum atomic E-state index is 0.884. The van der Waals surface area contributed by atoms with Crippen molar-refractivity contribution in [1.29, 1.82) is 0 Å². The summed E-state index contributed by atoms with van der Waals surface area (Å²) >= 11 is 0. The van der Waals surface area contributed by atoms with Gasteiger partial charge in [-0.15, -0.1) is 0 Å². The van der Waals surface area contributed by atoms with Gasteiger partial charge in [-0.05, 0) is 117 Å². The van der Waals surface area contributed by atoms with Crippen LogP contribution < -0.4 is 4.90 Å². The fourth-order valence-electron chi connectivity index (χ4n) is 9.25. The van der Waals surface area contributed by atoms with E-state index in [1.165, 1.54) is 54.8 Å². The van der Waals surface area contributed by atoms with Gasteiger partial charge in [0, 0.05) is 44.2 Å². The van der Waals surface area contributed by atoms with E-state index >= 15 is 0 Å². The van der Waals surface area contributed by atoms with Gasteiger partial charge in [0.2, 0.25) is 0 Å². The first-order chi connectivity index (χ1) is 30.2. The van der Waals surface area contributed by atoms with Crippen molar-refractivity contribution in [1.82, 2.24) is 4.57 Å². The Morgan fingerprint density at radius 3 is 1.69 bits per heavy atom. The quantitative estimate of drug-likeness (QED) is 0.161. The molecular formula is C58H38N2O. The molecule has 0 amide bonds. The van der Waals surface area contributed by atoms with Crippen LogP contribution in [0.15, 0.2) is 235 Å². The molecule has 0 aliphatic carbocycles. The number of nitrogens with zero attached hydrogens (tertiary/aromatic N) is 2. The minimum absolute atomic E-state index is 0.884. The smallest absolute Gasteiger partial charge is 0.136 e. The predicted octanol–water partition coefficient (Wildman–Crippen LogP) is 16.3. The third-order valence-electron chi connectivity index (χ3n) is 12.1. The standard InChI is InChI=1S/C58H38N2O/c1-2-14-39(15-3-1)41-18-12-19-42(34-41)40-28-31-46(32-29-40)59(47-20-13-21-48(38-47)60-55-26-10-7-23-50(55)51-24-8-11-27-56(51)60)54-25-9-6-22-49(54)45-30-33-57-52(36-45)53-35-43-16-4-5-17-44(43)37-58(53)61-57/h1-38H. The molecule has 0 saturated heterocycles. The lowest BCUT2D eigenvalue weighted by Gasteiger charge is -2.28. The van der Waals surface area contributed by atoms with Crippen LogP contribution in [0.1, 0.15) is 0 Å². The first kappa shape index (κ1) is 34.9. The number of furan rings is 1. The lowest BCUT2D eigenvalue weighted by atomic mass is 9.98. The summed E-state index contributed by atoms with van der Waals surface area (Å²) in [6, 6.07) is 83.0. The molecule has 0 atom stereocenters. The predicted molar refractivity (Wildman–Crippen MR) is 257 cm³/mol.